The fourth-order valence-electron chi connectivity index (χ4n) is 3.98. The highest BCUT2D eigenvalue weighted by atomic mass is 19.1. The molecule has 4 nitrogen and oxygen atoms in total. The Morgan fingerprint density at radius 3 is 2.55 bits per heavy atom. The number of hydrogen-bond donors (Lipinski definition) is 4. The molecule has 0 aromatic heterocycles. The van der Waals surface area contributed by atoms with Crippen LogP contribution < -0.4 is 16.6 Å². The number of allylic oxidation sites excluding steroid dienone is 3. The van der Waals surface area contributed by atoms with Crippen molar-refractivity contribution in [3.63, 3.8) is 0 Å². The first kappa shape index (κ1) is 22.6. The van der Waals surface area contributed by atoms with Gasteiger partial charge in [0.1, 0.15) is 11.6 Å². The Balaban J connectivity index is 1.99. The van der Waals surface area contributed by atoms with Gasteiger partial charge in [0.25, 0.3) is 0 Å². The third-order valence-electron chi connectivity index (χ3n) is 5.79. The molecule has 2 aromatic carbocycles. The van der Waals surface area contributed by atoms with E-state index in [0.717, 1.165) is 28.1 Å². The first-order valence-electron chi connectivity index (χ1n) is 10.2. The molecule has 0 amide bonds. The zero-order chi connectivity index (χ0) is 22.4. The molecule has 1 atom stereocenters. The molecule has 1 aliphatic carbocycles. The minimum absolute atomic E-state index is 0.233. The summed E-state index contributed by atoms with van der Waals surface area (Å²) in [4.78, 5) is 0. The van der Waals surface area contributed by atoms with Crippen LogP contribution in [0.1, 0.15) is 24.0 Å². The first-order valence-corrected chi connectivity index (χ1v) is 10.2. The van der Waals surface area contributed by atoms with Crippen LogP contribution in [-0.2, 0) is 6.42 Å². The molecule has 0 bridgehead atoms. The second kappa shape index (κ2) is 9.81. The van der Waals surface area contributed by atoms with Gasteiger partial charge in [0, 0.05) is 29.6 Å². The summed E-state index contributed by atoms with van der Waals surface area (Å²) in [6.45, 7) is 6.40. The van der Waals surface area contributed by atoms with Gasteiger partial charge in [-0.15, -0.1) is 6.58 Å². The average molecular weight is 423 g/mol. The molecule has 0 fully saturated rings. The van der Waals surface area contributed by atoms with Gasteiger partial charge in [-0.05, 0) is 79.3 Å². The Bertz CT molecular complexity index is 1020. The lowest BCUT2D eigenvalue weighted by Gasteiger charge is -2.38. The smallest absolute Gasteiger partial charge is 0.126 e. The maximum atomic E-state index is 14.2. The van der Waals surface area contributed by atoms with Gasteiger partial charge in [0.05, 0.1) is 0 Å². The Hall–Kier alpha value is -3.09. The van der Waals surface area contributed by atoms with Gasteiger partial charge < -0.3 is 10.7 Å². The third-order valence-corrected chi connectivity index (χ3v) is 5.79. The zero-order valence-electron chi connectivity index (χ0n) is 17.6. The molecule has 0 aliphatic heterocycles. The van der Waals surface area contributed by atoms with Gasteiger partial charge in [-0.1, -0.05) is 23.8 Å². The molecule has 0 heterocycles. The lowest BCUT2D eigenvalue weighted by Crippen LogP contribution is -2.32. The van der Waals surface area contributed by atoms with Crippen LogP contribution >= 0.6 is 0 Å². The number of hydrogen-bond acceptors (Lipinski definition) is 4. The molecule has 1 aliphatic rings. The fraction of sp³-hybridized carbons (Fsp3) is 0.240. The third kappa shape index (κ3) is 5.16. The van der Waals surface area contributed by atoms with Crippen LogP contribution in [0.4, 0.5) is 14.5 Å². The van der Waals surface area contributed by atoms with E-state index < -0.39 is 5.41 Å². The van der Waals surface area contributed by atoms with Crippen LogP contribution in [-0.4, -0.2) is 12.8 Å². The highest BCUT2D eigenvalue weighted by Gasteiger charge is 2.35. The molecule has 1 unspecified atom stereocenters. The first-order chi connectivity index (χ1) is 14.9. The largest absolute Gasteiger partial charge is 0.355 e. The molecule has 0 radical (unpaired) electrons. The quantitative estimate of drug-likeness (QED) is 0.195. The molecule has 2 aromatic rings. The second-order valence-electron chi connectivity index (χ2n) is 7.89. The van der Waals surface area contributed by atoms with Crippen molar-refractivity contribution in [1.82, 2.24) is 5.43 Å². The van der Waals surface area contributed by atoms with Crippen molar-refractivity contribution in [1.29, 1.82) is 5.41 Å². The van der Waals surface area contributed by atoms with Crippen molar-refractivity contribution in [3.05, 3.63) is 101 Å². The van der Waals surface area contributed by atoms with Gasteiger partial charge in [-0.3, -0.25) is 11.3 Å². The number of anilines is 1. The normalized spacial score (nSPS) is 18.5. The predicted octanol–water partition coefficient (Wildman–Crippen LogP) is 5.19. The topological polar surface area (TPSA) is 73.9 Å². The summed E-state index contributed by atoms with van der Waals surface area (Å²) in [7, 11) is 0. The number of aryl methyl sites for hydroxylation is 1. The highest BCUT2D eigenvalue weighted by Crippen LogP contribution is 2.45. The van der Waals surface area contributed by atoms with E-state index in [-0.39, 0.29) is 11.6 Å². The molecule has 0 spiro atoms. The number of hydrazine groups is 1. The predicted molar refractivity (Wildman–Crippen MR) is 123 cm³/mol. The minimum atomic E-state index is -0.473. The van der Waals surface area contributed by atoms with E-state index in [1.165, 1.54) is 18.3 Å². The maximum absolute atomic E-state index is 14.2. The molecule has 31 heavy (non-hydrogen) atoms. The van der Waals surface area contributed by atoms with Gasteiger partial charge in [-0.25, -0.2) is 8.78 Å². The molecule has 5 N–H and O–H groups in total. The summed E-state index contributed by atoms with van der Waals surface area (Å²) in [5, 5.41) is 11.3. The van der Waals surface area contributed by atoms with Gasteiger partial charge >= 0.3 is 0 Å². The Kier molecular flexibility index (Phi) is 7.15. The summed E-state index contributed by atoms with van der Waals surface area (Å²) in [5.41, 5.74) is 7.08. The van der Waals surface area contributed by atoms with E-state index in [9.17, 15) is 8.78 Å². The van der Waals surface area contributed by atoms with Gasteiger partial charge in [-0.2, -0.15) is 0 Å². The van der Waals surface area contributed by atoms with Crippen molar-refractivity contribution < 1.29 is 8.78 Å². The van der Waals surface area contributed by atoms with Crippen molar-refractivity contribution in [2.45, 2.75) is 26.2 Å². The van der Waals surface area contributed by atoms with E-state index in [0.29, 0.717) is 31.4 Å². The summed E-state index contributed by atoms with van der Waals surface area (Å²) >= 11 is 0. The van der Waals surface area contributed by atoms with Crippen molar-refractivity contribution in [2.24, 2.45) is 11.3 Å². The number of nitrogens with one attached hydrogen (secondary N) is 3. The summed E-state index contributed by atoms with van der Waals surface area (Å²) < 4.78 is 27.5. The molecular weight excluding hydrogens is 394 g/mol. The Morgan fingerprint density at radius 1 is 1.19 bits per heavy atom. The van der Waals surface area contributed by atoms with E-state index >= 15 is 0 Å². The van der Waals surface area contributed by atoms with E-state index in [1.54, 1.807) is 31.2 Å². The molecule has 6 heteroatoms. The average Bonchev–Trinajstić information content (AvgIpc) is 2.77. The molecule has 162 valence electrons. The fourth-order valence-corrected chi connectivity index (χ4v) is 3.98. The summed E-state index contributed by atoms with van der Waals surface area (Å²) in [5.74, 6) is 5.00. The van der Waals surface area contributed by atoms with E-state index in [4.69, 9.17) is 11.3 Å². The Labute approximate surface area is 182 Å². The van der Waals surface area contributed by atoms with Crippen LogP contribution in [0.5, 0.6) is 0 Å². The van der Waals surface area contributed by atoms with Crippen LogP contribution in [0.25, 0.3) is 0 Å². The summed E-state index contributed by atoms with van der Waals surface area (Å²) in [6.07, 6.45) is 6.99. The summed E-state index contributed by atoms with van der Waals surface area (Å²) in [6, 6.07) is 11.4. The van der Waals surface area contributed by atoms with Crippen LogP contribution in [0.2, 0.25) is 0 Å². The van der Waals surface area contributed by atoms with Crippen molar-refractivity contribution in [3.8, 4) is 0 Å². The molecule has 3 rings (SSSR count). The molecule has 0 saturated heterocycles. The van der Waals surface area contributed by atoms with Crippen LogP contribution in [0, 0.1) is 29.4 Å². The SMILES string of the molecule is C=CC1(Cc2ccc(C)c(F)c2)CC(C=N)=C(Nc2ccc(F)cc2)C=C1CCNN. The van der Waals surface area contributed by atoms with Crippen molar-refractivity contribution in [2.75, 3.05) is 11.9 Å². The molecule has 0 saturated carbocycles. The number of rotatable bonds is 9. The van der Waals surface area contributed by atoms with E-state index in [1.807, 2.05) is 18.2 Å². The monoisotopic (exact) mass is 422 g/mol. The van der Waals surface area contributed by atoms with Gasteiger partial charge in [0.15, 0.2) is 0 Å². The lowest BCUT2D eigenvalue weighted by molar-refractivity contribution is 0.429. The lowest BCUT2D eigenvalue weighted by atomic mass is 9.67. The number of nitrogens with two attached hydrogens (primary N) is 1. The number of halogens is 2. The molecular formula is C25H28F2N4. The van der Waals surface area contributed by atoms with Crippen LogP contribution in [0.3, 0.4) is 0 Å². The van der Waals surface area contributed by atoms with E-state index in [2.05, 4.69) is 17.3 Å². The van der Waals surface area contributed by atoms with Crippen molar-refractivity contribution >= 4 is 11.9 Å². The van der Waals surface area contributed by atoms with Crippen LogP contribution in [0.15, 0.2) is 78.0 Å². The highest BCUT2D eigenvalue weighted by molar-refractivity contribution is 5.81. The zero-order valence-corrected chi connectivity index (χ0v) is 17.6. The Morgan fingerprint density at radius 2 is 1.94 bits per heavy atom. The second-order valence-corrected chi connectivity index (χ2v) is 7.89. The standard InChI is InChI=1S/C25H28F2N4/c1-3-25(14-18-5-4-17(2)23(27)12-18)15-19(16-28)24(13-20(25)10-11-30-29)31-22-8-6-21(26)7-9-22/h3-9,12-13,16,28,30-31H,1,10-11,14-15,29H2,2H3. The minimum Gasteiger partial charge on any atom is -0.355 e. The van der Waals surface area contributed by atoms with Gasteiger partial charge in [0.2, 0.25) is 0 Å². The maximum Gasteiger partial charge on any atom is 0.126 e. The number of benzene rings is 2.